The minimum atomic E-state index is 0.0661. The molecule has 106 valence electrons. The second kappa shape index (κ2) is 5.22. The number of hydrogen-bond donors (Lipinski definition) is 1. The van der Waals surface area contributed by atoms with E-state index >= 15 is 0 Å². The van der Waals surface area contributed by atoms with Gasteiger partial charge in [-0.15, -0.1) is 0 Å². The first kappa shape index (κ1) is 13.6. The van der Waals surface area contributed by atoms with Crippen molar-refractivity contribution in [2.75, 3.05) is 13.1 Å². The van der Waals surface area contributed by atoms with E-state index in [1.165, 1.54) is 0 Å². The van der Waals surface area contributed by atoms with Crippen molar-refractivity contribution in [2.24, 2.45) is 0 Å². The molecule has 2 aromatic rings. The second-order valence-electron chi connectivity index (χ2n) is 5.36. The molecule has 1 N–H and O–H groups in total. The van der Waals surface area contributed by atoms with E-state index in [0.717, 1.165) is 20.9 Å². The van der Waals surface area contributed by atoms with E-state index in [-0.39, 0.29) is 18.1 Å². The first-order valence-electron chi connectivity index (χ1n) is 6.76. The minimum Gasteiger partial charge on any atom is -0.372 e. The van der Waals surface area contributed by atoms with E-state index in [4.69, 9.17) is 4.74 Å². The number of fused-ring (bicyclic) bond motifs is 1. The van der Waals surface area contributed by atoms with Gasteiger partial charge in [-0.05, 0) is 32.0 Å². The molecule has 2 heterocycles. The number of amides is 1. The summed E-state index contributed by atoms with van der Waals surface area (Å²) in [5.74, 6) is 0.0661. The topological polar surface area (TPSA) is 45.3 Å². The molecule has 2 atom stereocenters. The highest BCUT2D eigenvalue weighted by atomic mass is 79.9. The van der Waals surface area contributed by atoms with Crippen molar-refractivity contribution in [1.29, 1.82) is 0 Å². The summed E-state index contributed by atoms with van der Waals surface area (Å²) in [6.45, 7) is 5.29. The molecule has 0 unspecified atom stereocenters. The van der Waals surface area contributed by atoms with Gasteiger partial charge in [-0.25, -0.2) is 0 Å². The molecule has 0 spiro atoms. The third-order valence-electron chi connectivity index (χ3n) is 3.58. The van der Waals surface area contributed by atoms with Crippen LogP contribution in [0.25, 0.3) is 10.9 Å². The number of carbonyl (C=O) groups is 1. The Kier molecular flexibility index (Phi) is 3.56. The number of morpholine rings is 1. The van der Waals surface area contributed by atoms with E-state index in [1.807, 2.05) is 36.9 Å². The summed E-state index contributed by atoms with van der Waals surface area (Å²) in [5.41, 5.74) is 1.70. The Labute approximate surface area is 126 Å². The number of carbonyl (C=O) groups excluding carboxylic acids is 1. The summed E-state index contributed by atoms with van der Waals surface area (Å²) in [4.78, 5) is 17.7. The molecule has 0 radical (unpaired) electrons. The zero-order valence-electron chi connectivity index (χ0n) is 11.5. The van der Waals surface area contributed by atoms with Crippen LogP contribution in [0.2, 0.25) is 0 Å². The monoisotopic (exact) mass is 336 g/mol. The van der Waals surface area contributed by atoms with Crippen LogP contribution in [0.3, 0.4) is 0 Å². The molecule has 3 rings (SSSR count). The number of nitrogens with one attached hydrogen (secondary N) is 1. The SMILES string of the molecule is C[C@H]1CN(C(=O)c2c[nH]c3ccc(Br)cc23)C[C@H](C)O1. The number of aromatic nitrogens is 1. The van der Waals surface area contributed by atoms with Gasteiger partial charge >= 0.3 is 0 Å². The molecule has 1 aromatic heterocycles. The average molecular weight is 337 g/mol. The van der Waals surface area contributed by atoms with Crippen molar-refractivity contribution in [3.8, 4) is 0 Å². The lowest BCUT2D eigenvalue weighted by atomic mass is 10.1. The van der Waals surface area contributed by atoms with E-state index in [2.05, 4.69) is 20.9 Å². The summed E-state index contributed by atoms with van der Waals surface area (Å²) < 4.78 is 6.66. The molecule has 1 saturated heterocycles. The van der Waals surface area contributed by atoms with Crippen LogP contribution in [0, 0.1) is 0 Å². The smallest absolute Gasteiger partial charge is 0.256 e. The van der Waals surface area contributed by atoms with Crippen LogP contribution in [-0.2, 0) is 4.74 Å². The molecule has 1 aliphatic rings. The molecule has 5 heteroatoms. The Morgan fingerprint density at radius 2 is 2.05 bits per heavy atom. The van der Waals surface area contributed by atoms with Gasteiger partial charge < -0.3 is 14.6 Å². The van der Waals surface area contributed by atoms with Crippen molar-refractivity contribution in [3.63, 3.8) is 0 Å². The normalized spacial score (nSPS) is 23.2. The minimum absolute atomic E-state index is 0.0661. The van der Waals surface area contributed by atoms with Crippen LogP contribution in [0.15, 0.2) is 28.9 Å². The zero-order valence-corrected chi connectivity index (χ0v) is 13.1. The average Bonchev–Trinajstić information content (AvgIpc) is 2.79. The van der Waals surface area contributed by atoms with Gasteiger partial charge in [0.05, 0.1) is 17.8 Å². The van der Waals surface area contributed by atoms with Crippen LogP contribution in [0.4, 0.5) is 0 Å². The summed E-state index contributed by atoms with van der Waals surface area (Å²) >= 11 is 3.46. The highest BCUT2D eigenvalue weighted by molar-refractivity contribution is 9.10. The number of rotatable bonds is 1. The van der Waals surface area contributed by atoms with Crippen LogP contribution in [0.1, 0.15) is 24.2 Å². The van der Waals surface area contributed by atoms with Crippen molar-refractivity contribution >= 4 is 32.7 Å². The molecule has 20 heavy (non-hydrogen) atoms. The molecular formula is C15H17BrN2O2. The zero-order chi connectivity index (χ0) is 14.3. The molecule has 1 aliphatic heterocycles. The highest BCUT2D eigenvalue weighted by Crippen LogP contribution is 2.24. The Morgan fingerprint density at radius 3 is 2.75 bits per heavy atom. The predicted octanol–water partition coefficient (Wildman–Crippen LogP) is 3.18. The molecule has 0 bridgehead atoms. The Balaban J connectivity index is 1.94. The van der Waals surface area contributed by atoms with E-state index in [0.29, 0.717) is 13.1 Å². The fourth-order valence-electron chi connectivity index (χ4n) is 2.78. The number of hydrogen-bond acceptors (Lipinski definition) is 2. The summed E-state index contributed by atoms with van der Waals surface area (Å²) in [5, 5.41) is 0.955. The fraction of sp³-hybridized carbons (Fsp3) is 0.400. The van der Waals surface area contributed by atoms with Gasteiger partial charge in [0.25, 0.3) is 5.91 Å². The summed E-state index contributed by atoms with van der Waals surface area (Å²) in [7, 11) is 0. The van der Waals surface area contributed by atoms with E-state index < -0.39 is 0 Å². The summed E-state index contributed by atoms with van der Waals surface area (Å²) in [6, 6.07) is 5.92. The standard InChI is InChI=1S/C15H17BrN2O2/c1-9-7-18(8-10(2)20-9)15(19)13-6-17-14-4-3-11(16)5-12(13)14/h3-6,9-10,17H,7-8H2,1-2H3/t9-,10-/m0/s1. The Morgan fingerprint density at radius 1 is 1.35 bits per heavy atom. The maximum absolute atomic E-state index is 12.7. The third kappa shape index (κ3) is 2.47. The van der Waals surface area contributed by atoms with Crippen LogP contribution >= 0.6 is 15.9 Å². The molecule has 1 amide bonds. The molecule has 0 saturated carbocycles. The highest BCUT2D eigenvalue weighted by Gasteiger charge is 2.27. The van der Waals surface area contributed by atoms with Crippen LogP contribution in [0.5, 0.6) is 0 Å². The van der Waals surface area contributed by atoms with Gasteiger partial charge in [-0.1, -0.05) is 15.9 Å². The van der Waals surface area contributed by atoms with E-state index in [9.17, 15) is 4.79 Å². The third-order valence-corrected chi connectivity index (χ3v) is 4.07. The van der Waals surface area contributed by atoms with Gasteiger partial charge in [0.2, 0.25) is 0 Å². The molecular weight excluding hydrogens is 320 g/mol. The van der Waals surface area contributed by atoms with Gasteiger partial charge in [0.15, 0.2) is 0 Å². The Bertz CT molecular complexity index is 642. The number of halogens is 1. The maximum Gasteiger partial charge on any atom is 0.256 e. The molecule has 1 aromatic carbocycles. The van der Waals surface area contributed by atoms with E-state index in [1.54, 1.807) is 6.20 Å². The predicted molar refractivity (Wildman–Crippen MR) is 81.9 cm³/mol. The lowest BCUT2D eigenvalue weighted by Crippen LogP contribution is -2.48. The van der Waals surface area contributed by atoms with Crippen molar-refractivity contribution in [1.82, 2.24) is 9.88 Å². The van der Waals surface area contributed by atoms with Crippen LogP contribution < -0.4 is 0 Å². The maximum atomic E-state index is 12.7. The Hall–Kier alpha value is -1.33. The van der Waals surface area contributed by atoms with Crippen molar-refractivity contribution in [3.05, 3.63) is 34.4 Å². The largest absolute Gasteiger partial charge is 0.372 e. The lowest BCUT2D eigenvalue weighted by molar-refractivity contribution is -0.0585. The molecule has 1 fully saturated rings. The van der Waals surface area contributed by atoms with Gasteiger partial charge in [-0.2, -0.15) is 0 Å². The van der Waals surface area contributed by atoms with Gasteiger partial charge in [-0.3, -0.25) is 4.79 Å². The first-order chi connectivity index (χ1) is 9.54. The van der Waals surface area contributed by atoms with Crippen molar-refractivity contribution < 1.29 is 9.53 Å². The number of benzene rings is 1. The van der Waals surface area contributed by atoms with Gasteiger partial charge in [0, 0.05) is 34.7 Å². The number of H-pyrrole nitrogens is 1. The number of nitrogens with zero attached hydrogens (tertiary/aromatic N) is 1. The van der Waals surface area contributed by atoms with Crippen LogP contribution in [-0.4, -0.2) is 41.1 Å². The number of aromatic amines is 1. The number of ether oxygens (including phenoxy) is 1. The molecule has 4 nitrogen and oxygen atoms in total. The fourth-order valence-corrected chi connectivity index (χ4v) is 3.14. The molecule has 0 aliphatic carbocycles. The quantitative estimate of drug-likeness (QED) is 0.869. The van der Waals surface area contributed by atoms with Gasteiger partial charge in [0.1, 0.15) is 0 Å². The second-order valence-corrected chi connectivity index (χ2v) is 6.28. The van der Waals surface area contributed by atoms with Crippen molar-refractivity contribution in [2.45, 2.75) is 26.1 Å². The summed E-state index contributed by atoms with van der Waals surface area (Å²) in [6.07, 6.45) is 1.96. The lowest BCUT2D eigenvalue weighted by Gasteiger charge is -2.35. The first-order valence-corrected chi connectivity index (χ1v) is 7.55.